The second-order valence-electron chi connectivity index (χ2n) is 7.62. The first-order valence-electron chi connectivity index (χ1n) is 9.84. The van der Waals surface area contributed by atoms with Gasteiger partial charge in [-0.1, -0.05) is 17.4 Å². The van der Waals surface area contributed by atoms with E-state index in [1.54, 1.807) is 7.05 Å². The van der Waals surface area contributed by atoms with Gasteiger partial charge >= 0.3 is 0 Å². The molecule has 8 heteroatoms. The molecule has 0 aliphatic carbocycles. The van der Waals surface area contributed by atoms with Gasteiger partial charge in [0.15, 0.2) is 4.80 Å². The van der Waals surface area contributed by atoms with Gasteiger partial charge in [-0.25, -0.2) is 8.42 Å². The molecule has 6 nitrogen and oxygen atoms in total. The first-order valence-corrected chi connectivity index (χ1v) is 12.1. The Morgan fingerprint density at radius 3 is 2.37 bits per heavy atom. The number of carbonyl (C=O) groups excluding carboxylic acids is 1. The smallest absolute Gasteiger partial charge is 0.279 e. The molecular weight excluding hydrogens is 418 g/mol. The highest BCUT2D eigenvalue weighted by Gasteiger charge is 2.23. The number of aromatic nitrogens is 1. The van der Waals surface area contributed by atoms with Crippen LogP contribution in [0.2, 0.25) is 0 Å². The van der Waals surface area contributed by atoms with Crippen LogP contribution in [0.5, 0.6) is 0 Å². The maximum Gasteiger partial charge on any atom is 0.279 e. The highest BCUT2D eigenvalue weighted by molar-refractivity contribution is 7.89. The van der Waals surface area contributed by atoms with Gasteiger partial charge in [0, 0.05) is 25.2 Å². The second kappa shape index (κ2) is 8.45. The van der Waals surface area contributed by atoms with E-state index in [9.17, 15) is 13.2 Å². The molecule has 0 unspecified atom stereocenters. The number of fused-ring (bicyclic) bond motifs is 1. The van der Waals surface area contributed by atoms with Crippen molar-refractivity contribution < 1.29 is 13.2 Å². The summed E-state index contributed by atoms with van der Waals surface area (Å²) in [6.07, 6.45) is 0. The molecule has 1 aromatic heterocycles. The van der Waals surface area contributed by atoms with E-state index in [0.717, 1.165) is 15.8 Å². The fourth-order valence-corrected chi connectivity index (χ4v) is 5.78. The van der Waals surface area contributed by atoms with Gasteiger partial charge in [0.05, 0.1) is 15.1 Å². The summed E-state index contributed by atoms with van der Waals surface area (Å²) in [4.78, 5) is 17.9. The molecule has 0 N–H and O–H groups in total. The fraction of sp³-hybridized carbons (Fsp3) is 0.364. The molecular formula is C22H27N3O3S2. The summed E-state index contributed by atoms with van der Waals surface area (Å²) in [6.45, 7) is 10.5. The SMILES string of the molecule is CCn1c(=NC(=O)c2ccc(S(=O)(=O)N(C)C(C)C)cc2)sc2c(C)cc(C)cc21. The summed E-state index contributed by atoms with van der Waals surface area (Å²) in [5.41, 5.74) is 3.76. The summed E-state index contributed by atoms with van der Waals surface area (Å²) < 4.78 is 29.7. The van der Waals surface area contributed by atoms with Crippen LogP contribution in [0, 0.1) is 13.8 Å². The first-order chi connectivity index (χ1) is 14.1. The summed E-state index contributed by atoms with van der Waals surface area (Å²) in [5.74, 6) is -0.390. The van der Waals surface area contributed by atoms with Gasteiger partial charge in [0.2, 0.25) is 10.0 Å². The molecule has 2 aromatic carbocycles. The third-order valence-corrected chi connectivity index (χ3v) is 8.41. The van der Waals surface area contributed by atoms with E-state index in [1.807, 2.05) is 25.3 Å². The average Bonchev–Trinajstić information content (AvgIpc) is 3.04. The molecule has 0 saturated heterocycles. The van der Waals surface area contributed by atoms with E-state index < -0.39 is 10.0 Å². The average molecular weight is 446 g/mol. The standard InChI is InChI=1S/C22H27N3O3S2/c1-7-25-19-13-15(4)12-16(5)20(19)29-22(25)23-21(26)17-8-10-18(11-9-17)30(27,28)24(6)14(2)3/h8-14H,7H2,1-6H3. The third-order valence-electron chi connectivity index (χ3n) is 5.13. The van der Waals surface area contributed by atoms with Crippen LogP contribution in [0.3, 0.4) is 0 Å². The number of sulfonamides is 1. The van der Waals surface area contributed by atoms with E-state index >= 15 is 0 Å². The largest absolute Gasteiger partial charge is 0.317 e. The fourth-order valence-electron chi connectivity index (χ4n) is 3.27. The minimum atomic E-state index is -3.59. The highest BCUT2D eigenvalue weighted by atomic mass is 32.2. The van der Waals surface area contributed by atoms with E-state index in [0.29, 0.717) is 16.9 Å². The van der Waals surface area contributed by atoms with Crippen LogP contribution in [-0.2, 0) is 16.6 Å². The molecule has 1 amide bonds. The van der Waals surface area contributed by atoms with Crippen molar-refractivity contribution in [1.82, 2.24) is 8.87 Å². The Bertz CT molecular complexity index is 1270. The van der Waals surface area contributed by atoms with E-state index in [1.165, 1.54) is 45.5 Å². The van der Waals surface area contributed by atoms with Crippen molar-refractivity contribution >= 4 is 37.5 Å². The van der Waals surface area contributed by atoms with Crippen molar-refractivity contribution in [3.63, 3.8) is 0 Å². The number of hydrogen-bond donors (Lipinski definition) is 0. The van der Waals surface area contributed by atoms with Crippen molar-refractivity contribution in [3.8, 4) is 0 Å². The number of benzene rings is 2. The minimum Gasteiger partial charge on any atom is -0.317 e. The maximum absolute atomic E-state index is 12.8. The molecule has 160 valence electrons. The lowest BCUT2D eigenvalue weighted by Gasteiger charge is -2.20. The lowest BCUT2D eigenvalue weighted by molar-refractivity contribution is 0.0997. The zero-order chi connectivity index (χ0) is 22.2. The second-order valence-corrected chi connectivity index (χ2v) is 10.6. The predicted molar refractivity (Wildman–Crippen MR) is 121 cm³/mol. The maximum atomic E-state index is 12.8. The Morgan fingerprint density at radius 2 is 1.80 bits per heavy atom. The number of aryl methyl sites for hydroxylation is 3. The number of thiazole rings is 1. The topological polar surface area (TPSA) is 71.7 Å². The van der Waals surface area contributed by atoms with Crippen LogP contribution in [-0.4, -0.2) is 36.3 Å². The van der Waals surface area contributed by atoms with Crippen molar-refractivity contribution in [2.45, 2.75) is 52.1 Å². The predicted octanol–water partition coefficient (Wildman–Crippen LogP) is 4.11. The monoisotopic (exact) mass is 445 g/mol. The van der Waals surface area contributed by atoms with Crippen LogP contribution in [0.15, 0.2) is 46.3 Å². The molecule has 0 atom stereocenters. The molecule has 0 fully saturated rings. The van der Waals surface area contributed by atoms with Gasteiger partial charge in [0.1, 0.15) is 0 Å². The zero-order valence-electron chi connectivity index (χ0n) is 18.1. The van der Waals surface area contributed by atoms with Crippen LogP contribution in [0.1, 0.15) is 42.3 Å². The van der Waals surface area contributed by atoms with Crippen molar-refractivity contribution in [2.24, 2.45) is 4.99 Å². The van der Waals surface area contributed by atoms with Crippen LogP contribution >= 0.6 is 11.3 Å². The van der Waals surface area contributed by atoms with Gasteiger partial charge in [0.25, 0.3) is 5.91 Å². The Kier molecular flexibility index (Phi) is 6.31. The molecule has 30 heavy (non-hydrogen) atoms. The molecule has 0 aliphatic rings. The van der Waals surface area contributed by atoms with Crippen LogP contribution < -0.4 is 4.80 Å². The number of hydrogen-bond acceptors (Lipinski definition) is 4. The van der Waals surface area contributed by atoms with Crippen molar-refractivity contribution in [2.75, 3.05) is 7.05 Å². The molecule has 3 rings (SSSR count). The number of nitrogens with zero attached hydrogens (tertiary/aromatic N) is 3. The summed E-state index contributed by atoms with van der Waals surface area (Å²) in [5, 5.41) is 0. The van der Waals surface area contributed by atoms with Gasteiger partial charge in [-0.3, -0.25) is 4.79 Å². The van der Waals surface area contributed by atoms with Gasteiger partial charge < -0.3 is 4.57 Å². The van der Waals surface area contributed by atoms with E-state index in [-0.39, 0.29) is 16.8 Å². The van der Waals surface area contributed by atoms with E-state index in [2.05, 4.69) is 31.0 Å². The molecule has 3 aromatic rings. The quantitative estimate of drug-likeness (QED) is 0.593. The molecule has 0 aliphatic heterocycles. The summed E-state index contributed by atoms with van der Waals surface area (Å²) in [6, 6.07) is 10.0. The summed E-state index contributed by atoms with van der Waals surface area (Å²) in [7, 11) is -2.04. The normalized spacial score (nSPS) is 13.0. The molecule has 0 bridgehead atoms. The Balaban J connectivity index is 2.01. The number of carbonyl (C=O) groups is 1. The lowest BCUT2D eigenvalue weighted by Crippen LogP contribution is -2.33. The summed E-state index contributed by atoms with van der Waals surface area (Å²) >= 11 is 1.49. The molecule has 1 heterocycles. The van der Waals surface area contributed by atoms with Gasteiger partial charge in [-0.05, 0) is 76.1 Å². The molecule has 0 radical (unpaired) electrons. The van der Waals surface area contributed by atoms with Crippen molar-refractivity contribution in [3.05, 3.63) is 57.9 Å². The number of rotatable bonds is 5. The lowest BCUT2D eigenvalue weighted by atomic mass is 10.1. The minimum absolute atomic E-state index is 0.157. The van der Waals surface area contributed by atoms with Crippen molar-refractivity contribution in [1.29, 1.82) is 0 Å². The first kappa shape index (κ1) is 22.4. The Morgan fingerprint density at radius 1 is 1.17 bits per heavy atom. The van der Waals surface area contributed by atoms with E-state index in [4.69, 9.17) is 0 Å². The molecule has 0 saturated carbocycles. The third kappa shape index (κ3) is 4.12. The van der Waals surface area contributed by atoms with Gasteiger partial charge in [-0.2, -0.15) is 9.30 Å². The number of amides is 1. The molecule has 0 spiro atoms. The van der Waals surface area contributed by atoms with Gasteiger partial charge in [-0.15, -0.1) is 0 Å². The van der Waals surface area contributed by atoms with Crippen LogP contribution in [0.25, 0.3) is 10.2 Å². The zero-order valence-corrected chi connectivity index (χ0v) is 19.8. The highest BCUT2D eigenvalue weighted by Crippen LogP contribution is 2.23. The van der Waals surface area contributed by atoms with Crippen LogP contribution in [0.4, 0.5) is 0 Å². The Hall–Kier alpha value is -2.29. The Labute approximate surface area is 181 Å².